The Hall–Kier alpha value is -1.70. The fourth-order valence-electron chi connectivity index (χ4n) is 3.09. The second-order valence-electron chi connectivity index (χ2n) is 5.96. The number of carbonyl (C=O) groups is 1. The molecule has 0 aromatic heterocycles. The summed E-state index contributed by atoms with van der Waals surface area (Å²) in [7, 11) is 0. The van der Waals surface area contributed by atoms with Gasteiger partial charge in [-0.25, -0.2) is 0 Å². The molecular weight excluding hydrogens is 322 g/mol. The van der Waals surface area contributed by atoms with E-state index in [1.807, 2.05) is 0 Å². The lowest BCUT2D eigenvalue weighted by molar-refractivity contribution is -0.385. The van der Waals surface area contributed by atoms with E-state index in [0.717, 1.165) is 11.1 Å². The van der Waals surface area contributed by atoms with Crippen LogP contribution in [0.3, 0.4) is 0 Å². The highest BCUT2D eigenvalue weighted by Gasteiger charge is 2.39. The van der Waals surface area contributed by atoms with Crippen LogP contribution in [-0.2, 0) is 22.5 Å². The third-order valence-electron chi connectivity index (χ3n) is 4.51. The molecule has 0 bridgehead atoms. The zero-order chi connectivity index (χ0) is 15.7. The number of nitrogens with zero attached hydrogens (tertiary/aromatic N) is 2. The Balaban J connectivity index is 0.00000192. The molecule has 1 aromatic rings. The van der Waals surface area contributed by atoms with Gasteiger partial charge in [-0.15, -0.1) is 12.4 Å². The maximum absolute atomic E-state index is 12.7. The summed E-state index contributed by atoms with van der Waals surface area (Å²) >= 11 is 0. The van der Waals surface area contributed by atoms with Crippen molar-refractivity contribution in [1.29, 1.82) is 0 Å². The molecule has 2 N–H and O–H groups in total. The van der Waals surface area contributed by atoms with Crippen molar-refractivity contribution in [2.75, 3.05) is 19.8 Å². The van der Waals surface area contributed by atoms with Gasteiger partial charge in [0.05, 0.1) is 10.5 Å². The van der Waals surface area contributed by atoms with Crippen molar-refractivity contribution in [3.05, 3.63) is 39.4 Å². The number of amides is 1. The Labute approximate surface area is 140 Å². The van der Waals surface area contributed by atoms with Gasteiger partial charge in [0.1, 0.15) is 0 Å². The first-order chi connectivity index (χ1) is 10.5. The van der Waals surface area contributed by atoms with E-state index in [-0.39, 0.29) is 24.0 Å². The van der Waals surface area contributed by atoms with Gasteiger partial charge in [-0.3, -0.25) is 14.9 Å². The number of halogens is 1. The van der Waals surface area contributed by atoms with Crippen LogP contribution < -0.4 is 5.73 Å². The first-order valence-corrected chi connectivity index (χ1v) is 7.42. The summed E-state index contributed by atoms with van der Waals surface area (Å²) in [6, 6.07) is 4.85. The topological polar surface area (TPSA) is 98.7 Å². The van der Waals surface area contributed by atoms with Gasteiger partial charge >= 0.3 is 0 Å². The van der Waals surface area contributed by atoms with Crippen molar-refractivity contribution in [3.63, 3.8) is 0 Å². The average molecular weight is 342 g/mol. The maximum atomic E-state index is 12.7. The summed E-state index contributed by atoms with van der Waals surface area (Å²) in [5.41, 5.74) is 7.34. The van der Waals surface area contributed by atoms with Crippen molar-refractivity contribution in [2.24, 2.45) is 5.73 Å². The lowest BCUT2D eigenvalue weighted by Crippen LogP contribution is -2.58. The highest BCUT2D eigenvalue weighted by Crippen LogP contribution is 2.27. The van der Waals surface area contributed by atoms with E-state index in [1.54, 1.807) is 17.0 Å². The lowest BCUT2D eigenvalue weighted by atomic mass is 9.88. The zero-order valence-corrected chi connectivity index (χ0v) is 13.5. The Bertz CT molecular complexity index is 617. The molecule has 1 aromatic carbocycles. The van der Waals surface area contributed by atoms with Gasteiger partial charge in [-0.05, 0) is 30.4 Å². The fraction of sp³-hybridized carbons (Fsp3) is 0.533. The number of nitro groups is 1. The Morgan fingerprint density at radius 3 is 2.65 bits per heavy atom. The third-order valence-corrected chi connectivity index (χ3v) is 4.51. The van der Waals surface area contributed by atoms with Gasteiger partial charge < -0.3 is 15.4 Å². The third kappa shape index (κ3) is 3.46. The normalized spacial score (nSPS) is 19.4. The van der Waals surface area contributed by atoms with Gasteiger partial charge in [-0.1, -0.05) is 6.07 Å². The molecule has 0 spiro atoms. The molecule has 0 aliphatic carbocycles. The number of hydrogen-bond donors (Lipinski definition) is 1. The number of nitrogens with two attached hydrogens (primary N) is 1. The van der Waals surface area contributed by atoms with Crippen molar-refractivity contribution >= 4 is 24.0 Å². The molecule has 0 radical (unpaired) electrons. The van der Waals surface area contributed by atoms with E-state index in [1.165, 1.54) is 6.07 Å². The SMILES string of the molecule is Cl.NC1(C(=O)N2CCc3ccc([N+](=O)[O-])cc3C2)CCOCC1. The van der Waals surface area contributed by atoms with E-state index in [9.17, 15) is 14.9 Å². The predicted molar refractivity (Wildman–Crippen MR) is 86.4 cm³/mol. The van der Waals surface area contributed by atoms with Gasteiger partial charge in [0.15, 0.2) is 0 Å². The van der Waals surface area contributed by atoms with Crippen LogP contribution in [0.2, 0.25) is 0 Å². The standard InChI is InChI=1S/C15H19N3O4.ClH/c16-15(4-7-22-8-5-15)14(19)17-6-3-11-1-2-13(18(20)21)9-12(11)10-17;/h1-2,9H,3-8,10,16H2;1H. The van der Waals surface area contributed by atoms with Crippen LogP contribution in [0, 0.1) is 10.1 Å². The van der Waals surface area contributed by atoms with Crippen LogP contribution >= 0.6 is 12.4 Å². The number of non-ortho nitro benzene ring substituents is 1. The highest BCUT2D eigenvalue weighted by atomic mass is 35.5. The number of hydrogen-bond acceptors (Lipinski definition) is 5. The number of ether oxygens (including phenoxy) is 1. The molecule has 0 atom stereocenters. The maximum Gasteiger partial charge on any atom is 0.269 e. The second-order valence-corrected chi connectivity index (χ2v) is 5.96. The zero-order valence-electron chi connectivity index (χ0n) is 12.7. The molecule has 2 aliphatic rings. The van der Waals surface area contributed by atoms with E-state index in [2.05, 4.69) is 0 Å². The van der Waals surface area contributed by atoms with Crippen LogP contribution in [0.15, 0.2) is 18.2 Å². The second kappa shape index (κ2) is 6.82. The number of fused-ring (bicyclic) bond motifs is 1. The fourth-order valence-corrected chi connectivity index (χ4v) is 3.09. The Morgan fingerprint density at radius 2 is 2.00 bits per heavy atom. The van der Waals surface area contributed by atoms with Crippen molar-refractivity contribution in [3.8, 4) is 0 Å². The smallest absolute Gasteiger partial charge is 0.269 e. The number of rotatable bonds is 2. The predicted octanol–water partition coefficient (Wildman–Crippen LogP) is 1.41. The van der Waals surface area contributed by atoms with E-state index in [0.29, 0.717) is 45.6 Å². The summed E-state index contributed by atoms with van der Waals surface area (Å²) in [6.45, 7) is 1.98. The molecule has 1 fully saturated rings. The minimum absolute atomic E-state index is 0. The molecule has 23 heavy (non-hydrogen) atoms. The van der Waals surface area contributed by atoms with Crippen molar-refractivity contribution in [1.82, 2.24) is 4.90 Å². The first kappa shape index (κ1) is 17.7. The van der Waals surface area contributed by atoms with Crippen LogP contribution in [0.25, 0.3) is 0 Å². The average Bonchev–Trinajstić information content (AvgIpc) is 2.53. The van der Waals surface area contributed by atoms with Crippen molar-refractivity contribution < 1.29 is 14.5 Å². The van der Waals surface area contributed by atoms with Crippen LogP contribution in [0.1, 0.15) is 24.0 Å². The van der Waals surface area contributed by atoms with E-state index in [4.69, 9.17) is 10.5 Å². The summed E-state index contributed by atoms with van der Waals surface area (Å²) in [5.74, 6) is -0.0760. The molecule has 1 saturated heterocycles. The molecule has 1 amide bonds. The minimum Gasteiger partial charge on any atom is -0.381 e. The van der Waals surface area contributed by atoms with Crippen LogP contribution in [0.4, 0.5) is 5.69 Å². The molecule has 0 saturated carbocycles. The minimum atomic E-state index is -0.865. The van der Waals surface area contributed by atoms with Gasteiger partial charge in [0.25, 0.3) is 5.69 Å². The first-order valence-electron chi connectivity index (χ1n) is 7.42. The highest BCUT2D eigenvalue weighted by molar-refractivity contribution is 5.86. The molecule has 2 aliphatic heterocycles. The molecule has 0 unspecified atom stereocenters. The van der Waals surface area contributed by atoms with Gasteiger partial charge in [0.2, 0.25) is 5.91 Å². The summed E-state index contributed by atoms with van der Waals surface area (Å²) < 4.78 is 5.28. The van der Waals surface area contributed by atoms with Gasteiger partial charge in [-0.2, -0.15) is 0 Å². The molecule has 8 heteroatoms. The molecule has 7 nitrogen and oxygen atoms in total. The van der Waals surface area contributed by atoms with Crippen LogP contribution in [-0.4, -0.2) is 41.0 Å². The molecule has 3 rings (SSSR count). The largest absolute Gasteiger partial charge is 0.381 e. The van der Waals surface area contributed by atoms with Crippen molar-refractivity contribution in [2.45, 2.75) is 31.3 Å². The van der Waals surface area contributed by atoms with Gasteiger partial charge in [0, 0.05) is 38.4 Å². The van der Waals surface area contributed by atoms with Crippen LogP contribution in [0.5, 0.6) is 0 Å². The number of nitro benzene ring substituents is 1. The number of benzene rings is 1. The Morgan fingerprint density at radius 1 is 1.30 bits per heavy atom. The van der Waals surface area contributed by atoms with E-state index < -0.39 is 10.5 Å². The Kier molecular flexibility index (Phi) is 5.23. The quantitative estimate of drug-likeness (QED) is 0.647. The molecular formula is C15H20ClN3O4. The molecule has 2 heterocycles. The summed E-state index contributed by atoms with van der Waals surface area (Å²) in [5, 5.41) is 10.9. The summed E-state index contributed by atoms with van der Waals surface area (Å²) in [6.07, 6.45) is 1.74. The molecule has 126 valence electrons. The van der Waals surface area contributed by atoms with E-state index >= 15 is 0 Å². The number of carbonyl (C=O) groups excluding carboxylic acids is 1. The lowest BCUT2D eigenvalue weighted by Gasteiger charge is -2.38. The monoisotopic (exact) mass is 341 g/mol. The summed E-state index contributed by atoms with van der Waals surface area (Å²) in [4.78, 5) is 24.9.